The monoisotopic (exact) mass is 328 g/mol. The predicted octanol–water partition coefficient (Wildman–Crippen LogP) is 2.77. The minimum atomic E-state index is -0.161. The highest BCUT2D eigenvalue weighted by Crippen LogP contribution is 2.19. The van der Waals surface area contributed by atoms with E-state index in [-0.39, 0.29) is 17.9 Å². The van der Waals surface area contributed by atoms with Crippen LogP contribution in [0.4, 0.5) is 0 Å². The molecule has 5 heteroatoms. The number of rotatable bonds is 6. The number of carbonyl (C=O) groups excluding carboxylic acids is 2. The third-order valence-corrected chi connectivity index (χ3v) is 4.90. The van der Waals surface area contributed by atoms with Gasteiger partial charge in [-0.3, -0.25) is 9.59 Å². The van der Waals surface area contributed by atoms with Crippen molar-refractivity contribution in [3.8, 4) is 0 Å². The Balaban J connectivity index is 1.69. The lowest BCUT2D eigenvalue weighted by molar-refractivity contribution is -0.129. The molecule has 0 saturated carbocycles. The van der Waals surface area contributed by atoms with E-state index >= 15 is 0 Å². The summed E-state index contributed by atoms with van der Waals surface area (Å²) in [6.07, 6.45) is 1.91. The highest BCUT2D eigenvalue weighted by atomic mass is 32.1. The van der Waals surface area contributed by atoms with Crippen molar-refractivity contribution >= 4 is 23.2 Å². The molecule has 1 aromatic heterocycles. The molecule has 2 aromatic rings. The second-order valence-corrected chi connectivity index (χ2v) is 6.76. The second-order valence-electron chi connectivity index (χ2n) is 5.73. The van der Waals surface area contributed by atoms with Crippen molar-refractivity contribution in [2.24, 2.45) is 0 Å². The van der Waals surface area contributed by atoms with Gasteiger partial charge in [0.2, 0.25) is 11.8 Å². The molecular weight excluding hydrogens is 308 g/mol. The molecule has 3 rings (SSSR count). The summed E-state index contributed by atoms with van der Waals surface area (Å²) < 4.78 is 0. The summed E-state index contributed by atoms with van der Waals surface area (Å²) in [5.41, 5.74) is 1.03. The van der Waals surface area contributed by atoms with Gasteiger partial charge in [0, 0.05) is 24.4 Å². The van der Waals surface area contributed by atoms with Crippen LogP contribution in [0.3, 0.4) is 0 Å². The number of nitrogens with one attached hydrogen (secondary N) is 1. The molecule has 2 heterocycles. The number of amides is 2. The number of nitrogens with zero attached hydrogens (tertiary/aromatic N) is 1. The van der Waals surface area contributed by atoms with Gasteiger partial charge in [-0.15, -0.1) is 11.3 Å². The van der Waals surface area contributed by atoms with E-state index in [0.717, 1.165) is 23.4 Å². The molecule has 0 unspecified atom stereocenters. The lowest BCUT2D eigenvalue weighted by Crippen LogP contribution is -2.39. The van der Waals surface area contributed by atoms with E-state index in [1.807, 2.05) is 52.7 Å². The summed E-state index contributed by atoms with van der Waals surface area (Å²) in [5.74, 6) is 0.173. The molecule has 1 atom stereocenters. The zero-order chi connectivity index (χ0) is 16.1. The zero-order valence-electron chi connectivity index (χ0n) is 12.9. The molecule has 1 aliphatic rings. The quantitative estimate of drug-likeness (QED) is 0.886. The molecule has 0 aliphatic carbocycles. The fourth-order valence-corrected chi connectivity index (χ4v) is 3.56. The number of carbonyl (C=O) groups is 2. The van der Waals surface area contributed by atoms with E-state index in [1.165, 1.54) is 0 Å². The van der Waals surface area contributed by atoms with Crippen molar-refractivity contribution in [2.45, 2.75) is 25.3 Å². The number of benzene rings is 1. The fraction of sp³-hybridized carbons (Fsp3) is 0.333. The summed E-state index contributed by atoms with van der Waals surface area (Å²) in [6.45, 7) is 1.32. The molecule has 0 radical (unpaired) electrons. The first kappa shape index (κ1) is 15.7. The van der Waals surface area contributed by atoms with Crippen LogP contribution in [0.5, 0.6) is 0 Å². The minimum Gasteiger partial charge on any atom is -0.347 e. The van der Waals surface area contributed by atoms with Crippen molar-refractivity contribution in [2.75, 3.05) is 13.1 Å². The van der Waals surface area contributed by atoms with Gasteiger partial charge in [-0.2, -0.15) is 0 Å². The van der Waals surface area contributed by atoms with E-state index in [0.29, 0.717) is 19.4 Å². The van der Waals surface area contributed by atoms with Crippen LogP contribution in [0, 0.1) is 0 Å². The predicted molar refractivity (Wildman–Crippen MR) is 91.2 cm³/mol. The Morgan fingerprint density at radius 1 is 1.22 bits per heavy atom. The Bertz CT molecular complexity index is 655. The molecule has 120 valence electrons. The molecule has 1 fully saturated rings. The van der Waals surface area contributed by atoms with Gasteiger partial charge in [0.15, 0.2) is 0 Å². The van der Waals surface area contributed by atoms with Crippen LogP contribution in [0.15, 0.2) is 47.8 Å². The molecule has 0 bridgehead atoms. The normalized spacial score (nSPS) is 15.7. The van der Waals surface area contributed by atoms with Gasteiger partial charge in [0.25, 0.3) is 0 Å². The average molecular weight is 328 g/mol. The first-order chi connectivity index (χ1) is 11.2. The standard InChI is InChI=1S/C18H20N2O2S/c21-17(12-15-8-5-11-23-15)19-16(14-6-2-1-3-7-14)13-20-10-4-9-18(20)22/h1-3,5-8,11,16H,4,9-10,12-13H2,(H,19,21)/t16-/m1/s1. The van der Waals surface area contributed by atoms with Crippen molar-refractivity contribution in [3.05, 3.63) is 58.3 Å². The molecule has 1 aromatic carbocycles. The maximum atomic E-state index is 12.3. The minimum absolute atomic E-state index is 0.00653. The molecule has 0 spiro atoms. The number of likely N-dealkylation sites (tertiary alicyclic amines) is 1. The van der Waals surface area contributed by atoms with E-state index in [1.54, 1.807) is 11.3 Å². The number of hydrogen-bond acceptors (Lipinski definition) is 3. The average Bonchev–Trinajstić information content (AvgIpc) is 3.20. The third kappa shape index (κ3) is 4.20. The van der Waals surface area contributed by atoms with Gasteiger partial charge in [0.05, 0.1) is 12.5 Å². The summed E-state index contributed by atoms with van der Waals surface area (Å²) in [4.78, 5) is 27.1. The Kier molecular flexibility index (Phi) is 5.08. The molecule has 4 nitrogen and oxygen atoms in total. The molecule has 1 saturated heterocycles. The van der Waals surface area contributed by atoms with Crippen LogP contribution >= 0.6 is 11.3 Å². The van der Waals surface area contributed by atoms with Crippen LogP contribution in [-0.4, -0.2) is 29.8 Å². The summed E-state index contributed by atoms with van der Waals surface area (Å²) in [7, 11) is 0. The van der Waals surface area contributed by atoms with Crippen molar-refractivity contribution in [3.63, 3.8) is 0 Å². The largest absolute Gasteiger partial charge is 0.347 e. The number of thiophene rings is 1. The smallest absolute Gasteiger partial charge is 0.225 e. The Morgan fingerprint density at radius 3 is 2.70 bits per heavy atom. The van der Waals surface area contributed by atoms with Crippen molar-refractivity contribution < 1.29 is 9.59 Å². The molecule has 2 amide bonds. The SMILES string of the molecule is O=C(Cc1cccs1)N[C@H](CN1CCCC1=O)c1ccccc1. The number of hydrogen-bond donors (Lipinski definition) is 1. The zero-order valence-corrected chi connectivity index (χ0v) is 13.7. The Labute approximate surface area is 140 Å². The Morgan fingerprint density at radius 2 is 2.04 bits per heavy atom. The van der Waals surface area contributed by atoms with E-state index in [2.05, 4.69) is 5.32 Å². The first-order valence-electron chi connectivity index (χ1n) is 7.87. The Hall–Kier alpha value is -2.14. The maximum absolute atomic E-state index is 12.3. The van der Waals surface area contributed by atoms with Crippen LogP contribution in [-0.2, 0) is 16.0 Å². The lowest BCUT2D eigenvalue weighted by atomic mass is 10.1. The molecule has 23 heavy (non-hydrogen) atoms. The summed E-state index contributed by atoms with van der Waals surface area (Å²) >= 11 is 1.58. The lowest BCUT2D eigenvalue weighted by Gasteiger charge is -2.25. The molecular formula is C18H20N2O2S. The van der Waals surface area contributed by atoms with Gasteiger partial charge in [-0.1, -0.05) is 36.4 Å². The van der Waals surface area contributed by atoms with Gasteiger partial charge < -0.3 is 10.2 Å². The van der Waals surface area contributed by atoms with Gasteiger partial charge in [-0.25, -0.2) is 0 Å². The summed E-state index contributed by atoms with van der Waals surface area (Å²) in [6, 6.07) is 13.6. The first-order valence-corrected chi connectivity index (χ1v) is 8.75. The van der Waals surface area contributed by atoms with Crippen molar-refractivity contribution in [1.29, 1.82) is 0 Å². The highest BCUT2D eigenvalue weighted by Gasteiger charge is 2.25. The fourth-order valence-electron chi connectivity index (χ4n) is 2.85. The van der Waals surface area contributed by atoms with Crippen LogP contribution in [0.25, 0.3) is 0 Å². The van der Waals surface area contributed by atoms with Crippen LogP contribution < -0.4 is 5.32 Å². The van der Waals surface area contributed by atoms with E-state index in [4.69, 9.17) is 0 Å². The highest BCUT2D eigenvalue weighted by molar-refractivity contribution is 7.10. The third-order valence-electron chi connectivity index (χ3n) is 4.03. The van der Waals surface area contributed by atoms with E-state index < -0.39 is 0 Å². The summed E-state index contributed by atoms with van der Waals surface area (Å²) in [5, 5.41) is 5.07. The van der Waals surface area contributed by atoms with Crippen LogP contribution in [0.1, 0.15) is 29.3 Å². The maximum Gasteiger partial charge on any atom is 0.225 e. The van der Waals surface area contributed by atoms with Gasteiger partial charge in [-0.05, 0) is 23.4 Å². The second kappa shape index (κ2) is 7.42. The molecule has 1 N–H and O–H groups in total. The van der Waals surface area contributed by atoms with Gasteiger partial charge in [0.1, 0.15) is 0 Å². The van der Waals surface area contributed by atoms with E-state index in [9.17, 15) is 9.59 Å². The van der Waals surface area contributed by atoms with Crippen molar-refractivity contribution in [1.82, 2.24) is 10.2 Å². The topological polar surface area (TPSA) is 49.4 Å². The van der Waals surface area contributed by atoms with Crippen LogP contribution in [0.2, 0.25) is 0 Å². The molecule has 1 aliphatic heterocycles. The van der Waals surface area contributed by atoms with Gasteiger partial charge >= 0.3 is 0 Å².